The van der Waals surface area contributed by atoms with Gasteiger partial charge in [0, 0.05) is 28.5 Å². The summed E-state index contributed by atoms with van der Waals surface area (Å²) in [5.74, 6) is -0.0774. The lowest BCUT2D eigenvalue weighted by Gasteiger charge is -2.36. The van der Waals surface area contributed by atoms with Crippen LogP contribution in [0.3, 0.4) is 0 Å². The highest BCUT2D eigenvalue weighted by Gasteiger charge is 2.30. The molecule has 1 aliphatic carbocycles. The first-order valence-corrected chi connectivity index (χ1v) is 13.0. The zero-order chi connectivity index (χ0) is 25.6. The lowest BCUT2D eigenvalue weighted by Crippen LogP contribution is -2.42. The Bertz CT molecular complexity index is 1390. The molecule has 10 heteroatoms. The van der Waals surface area contributed by atoms with Gasteiger partial charge in [-0.05, 0) is 74.4 Å². The quantitative estimate of drug-likeness (QED) is 0.443. The predicted molar refractivity (Wildman–Crippen MR) is 140 cm³/mol. The number of anilines is 1. The lowest BCUT2D eigenvalue weighted by atomic mass is 9.86. The van der Waals surface area contributed by atoms with Crippen molar-refractivity contribution in [2.24, 2.45) is 5.73 Å². The first-order chi connectivity index (χ1) is 17.2. The number of carbonyl (C=O) groups excluding carboxylic acids is 1. The van der Waals surface area contributed by atoms with E-state index < -0.39 is 5.82 Å². The average molecular weight is 532 g/mol. The average Bonchev–Trinajstić information content (AvgIpc) is 2.83. The van der Waals surface area contributed by atoms with Crippen LogP contribution in [0, 0.1) is 5.82 Å². The summed E-state index contributed by atoms with van der Waals surface area (Å²) in [6, 6.07) is 6.17. The first-order valence-electron chi connectivity index (χ1n) is 12.2. The topological polar surface area (TPSA) is 104 Å². The highest BCUT2D eigenvalue weighted by atomic mass is 35.5. The van der Waals surface area contributed by atoms with Crippen LogP contribution >= 0.6 is 23.2 Å². The summed E-state index contributed by atoms with van der Waals surface area (Å²) in [5.41, 5.74) is 8.07. The van der Waals surface area contributed by atoms with E-state index >= 15 is 0 Å². The molecule has 2 aromatic carbocycles. The molecule has 1 saturated carbocycles. The zero-order valence-electron chi connectivity index (χ0n) is 19.9. The Morgan fingerprint density at radius 3 is 2.72 bits per heavy atom. The van der Waals surface area contributed by atoms with E-state index in [1.807, 2.05) is 13.0 Å². The van der Waals surface area contributed by atoms with E-state index in [4.69, 9.17) is 28.9 Å². The van der Waals surface area contributed by atoms with E-state index in [9.17, 15) is 14.0 Å². The van der Waals surface area contributed by atoms with Gasteiger partial charge < -0.3 is 20.9 Å². The molecule has 1 aromatic heterocycles. The summed E-state index contributed by atoms with van der Waals surface area (Å²) in [5, 5.41) is 4.18. The van der Waals surface area contributed by atoms with Crippen LogP contribution in [0.25, 0.3) is 10.9 Å². The second-order valence-corrected chi connectivity index (χ2v) is 10.6. The number of benzene rings is 2. The molecule has 2 heterocycles. The van der Waals surface area contributed by atoms with Gasteiger partial charge in [-0.1, -0.05) is 23.2 Å². The molecule has 7 nitrogen and oxygen atoms in total. The molecule has 190 valence electrons. The van der Waals surface area contributed by atoms with Crippen LogP contribution in [0.5, 0.6) is 0 Å². The zero-order valence-corrected chi connectivity index (χ0v) is 21.4. The van der Waals surface area contributed by atoms with Crippen molar-refractivity contribution in [2.45, 2.75) is 57.0 Å². The molecule has 4 N–H and O–H groups in total. The van der Waals surface area contributed by atoms with Crippen LogP contribution in [0.4, 0.5) is 10.1 Å². The summed E-state index contributed by atoms with van der Waals surface area (Å²) in [6.45, 7) is 2.32. The van der Waals surface area contributed by atoms with E-state index in [1.165, 1.54) is 6.07 Å². The number of amides is 1. The number of nitrogens with one attached hydrogen (secondary N) is 2. The van der Waals surface area contributed by atoms with Crippen LogP contribution in [-0.4, -0.2) is 39.9 Å². The van der Waals surface area contributed by atoms with Gasteiger partial charge in [-0.3, -0.25) is 9.59 Å². The van der Waals surface area contributed by atoms with Crippen LogP contribution in [-0.2, 0) is 11.2 Å². The largest absolute Gasteiger partial charge is 0.374 e. The van der Waals surface area contributed by atoms with Gasteiger partial charge in [-0.15, -0.1) is 0 Å². The number of nitrogens with two attached hydrogens (primary N) is 1. The van der Waals surface area contributed by atoms with Crippen LogP contribution in [0.1, 0.15) is 61.5 Å². The molecule has 0 saturated heterocycles. The minimum atomic E-state index is -0.617. The Labute approximate surface area is 218 Å². The number of halogens is 3. The van der Waals surface area contributed by atoms with Crippen molar-refractivity contribution in [3.8, 4) is 0 Å². The molecule has 36 heavy (non-hydrogen) atoms. The van der Waals surface area contributed by atoms with Gasteiger partial charge in [-0.2, -0.15) is 0 Å². The van der Waals surface area contributed by atoms with Gasteiger partial charge in [-0.25, -0.2) is 9.37 Å². The highest BCUT2D eigenvalue weighted by molar-refractivity contribution is 6.35. The highest BCUT2D eigenvalue weighted by Crippen LogP contribution is 2.37. The summed E-state index contributed by atoms with van der Waals surface area (Å²) < 4.78 is 14.8. The van der Waals surface area contributed by atoms with Gasteiger partial charge >= 0.3 is 0 Å². The molecule has 1 atom stereocenters. The number of H-pyrrole nitrogens is 1. The monoisotopic (exact) mass is 531 g/mol. The SMILES string of the molecule is CC1c2c(Cl)cc(Cl)cc2CCN1C(=O)CNc1cc2nc(C3CCC(N)CC3)[nH]c(=O)c2cc1F. The number of nitrogens with zero attached hydrogens (tertiary/aromatic N) is 2. The van der Waals surface area contributed by atoms with E-state index in [1.54, 1.807) is 11.0 Å². The minimum absolute atomic E-state index is 0.107. The number of fused-ring (bicyclic) bond motifs is 2. The third kappa shape index (κ3) is 4.82. The molecule has 3 aromatic rings. The van der Waals surface area contributed by atoms with Crippen LogP contribution in [0.2, 0.25) is 10.0 Å². The normalized spacial score (nSPS) is 21.9. The molecular weight excluding hydrogens is 504 g/mol. The maximum absolute atomic E-state index is 14.8. The number of carbonyl (C=O) groups is 1. The standard InChI is InChI=1S/C26H28Cl2FN5O2/c1-13-24-15(8-16(27)9-19(24)28)6-7-34(13)23(35)12-31-22-11-21-18(10-20(22)29)26(36)33-25(32-21)14-2-4-17(30)5-3-14/h8-11,13-14,17,31H,2-7,12,30H2,1H3,(H,32,33,36). The lowest BCUT2D eigenvalue weighted by molar-refractivity contribution is -0.131. The Morgan fingerprint density at radius 1 is 1.22 bits per heavy atom. The Kier molecular flexibility index (Phi) is 6.94. The smallest absolute Gasteiger partial charge is 0.258 e. The molecular formula is C26H28Cl2FN5O2. The van der Waals surface area contributed by atoms with Gasteiger partial charge in [0.1, 0.15) is 11.6 Å². The molecule has 1 aliphatic heterocycles. The molecule has 1 unspecified atom stereocenters. The fourth-order valence-electron chi connectivity index (χ4n) is 5.42. The number of aromatic amines is 1. The van der Waals surface area contributed by atoms with Crippen molar-refractivity contribution < 1.29 is 9.18 Å². The second kappa shape index (κ2) is 10.00. The minimum Gasteiger partial charge on any atom is -0.374 e. The molecule has 1 fully saturated rings. The number of hydrogen-bond donors (Lipinski definition) is 3. The van der Waals surface area contributed by atoms with Crippen molar-refractivity contribution in [3.05, 3.63) is 67.4 Å². The van der Waals surface area contributed by atoms with E-state index in [2.05, 4.69) is 15.3 Å². The fraction of sp³-hybridized carbons (Fsp3) is 0.423. The summed E-state index contributed by atoms with van der Waals surface area (Å²) in [7, 11) is 0. The van der Waals surface area contributed by atoms with Gasteiger partial charge in [0.05, 0.1) is 29.2 Å². The number of hydrogen-bond acceptors (Lipinski definition) is 5. The molecule has 0 spiro atoms. The van der Waals surface area contributed by atoms with Gasteiger partial charge in [0.25, 0.3) is 5.56 Å². The third-order valence-corrected chi connectivity index (χ3v) is 7.94. The summed E-state index contributed by atoms with van der Waals surface area (Å²) in [4.78, 5) is 34.9. The van der Waals surface area contributed by atoms with Crippen molar-refractivity contribution >= 4 is 45.7 Å². The second-order valence-electron chi connectivity index (χ2n) is 9.74. The third-order valence-electron chi connectivity index (χ3n) is 7.41. The Morgan fingerprint density at radius 2 is 1.97 bits per heavy atom. The van der Waals surface area contributed by atoms with Crippen molar-refractivity contribution in [1.29, 1.82) is 0 Å². The van der Waals surface area contributed by atoms with E-state index in [0.717, 1.165) is 42.9 Å². The first kappa shape index (κ1) is 25.0. The maximum atomic E-state index is 14.8. The molecule has 0 bridgehead atoms. The Hall–Kier alpha value is -2.68. The predicted octanol–water partition coefficient (Wildman–Crippen LogP) is 4.91. The molecule has 1 amide bonds. The summed E-state index contributed by atoms with van der Waals surface area (Å²) in [6.07, 6.45) is 4.09. The van der Waals surface area contributed by atoms with Crippen LogP contribution in [0.15, 0.2) is 29.1 Å². The van der Waals surface area contributed by atoms with Gasteiger partial charge in [0.2, 0.25) is 5.91 Å². The van der Waals surface area contributed by atoms with Crippen molar-refractivity contribution in [1.82, 2.24) is 14.9 Å². The van der Waals surface area contributed by atoms with E-state index in [-0.39, 0.29) is 47.1 Å². The fourth-order valence-corrected chi connectivity index (χ4v) is 6.11. The van der Waals surface area contributed by atoms with E-state index in [0.29, 0.717) is 34.4 Å². The summed E-state index contributed by atoms with van der Waals surface area (Å²) >= 11 is 12.6. The van der Waals surface area contributed by atoms with Gasteiger partial charge in [0.15, 0.2) is 0 Å². The Balaban J connectivity index is 1.34. The van der Waals surface area contributed by atoms with Crippen LogP contribution < -0.4 is 16.6 Å². The number of rotatable bonds is 4. The maximum Gasteiger partial charge on any atom is 0.258 e. The molecule has 2 aliphatic rings. The number of aromatic nitrogens is 2. The molecule has 0 radical (unpaired) electrons. The van der Waals surface area contributed by atoms with Crippen molar-refractivity contribution in [3.63, 3.8) is 0 Å². The van der Waals surface area contributed by atoms with Crippen molar-refractivity contribution in [2.75, 3.05) is 18.4 Å². The molecule has 5 rings (SSSR count).